The van der Waals surface area contributed by atoms with Gasteiger partial charge in [0.15, 0.2) is 0 Å². The van der Waals surface area contributed by atoms with Gasteiger partial charge >= 0.3 is 6.18 Å². The van der Waals surface area contributed by atoms with Gasteiger partial charge in [0, 0.05) is 18.8 Å². The van der Waals surface area contributed by atoms with E-state index in [4.69, 9.17) is 16.6 Å². The molecule has 4 rings (SSSR count). The summed E-state index contributed by atoms with van der Waals surface area (Å²) < 4.78 is 38.7. The molecule has 4 heterocycles. The van der Waals surface area contributed by atoms with E-state index in [1.54, 1.807) is 6.20 Å². The Morgan fingerprint density at radius 1 is 1.18 bits per heavy atom. The van der Waals surface area contributed by atoms with Gasteiger partial charge < -0.3 is 15.1 Å². The van der Waals surface area contributed by atoms with Gasteiger partial charge in [0.1, 0.15) is 17.3 Å². The van der Waals surface area contributed by atoms with Crippen LogP contribution in [0.2, 0.25) is 5.02 Å². The van der Waals surface area contributed by atoms with Gasteiger partial charge in [0.2, 0.25) is 0 Å². The fourth-order valence-electron chi connectivity index (χ4n) is 4.38. The van der Waals surface area contributed by atoms with Crippen molar-refractivity contribution < 1.29 is 13.2 Å². The smallest absolute Gasteiger partial charge is 0.348 e. The number of anilines is 2. The molecule has 1 N–H and O–H groups in total. The molecular weight excluding hydrogens is 465 g/mol. The zero-order valence-electron chi connectivity index (χ0n) is 19.4. The van der Waals surface area contributed by atoms with E-state index in [1.807, 2.05) is 26.2 Å². The van der Waals surface area contributed by atoms with Crippen LogP contribution in [0.15, 0.2) is 52.8 Å². The maximum Gasteiger partial charge on any atom is 0.433 e. The number of hydrogen-bond donors (Lipinski definition) is 1. The van der Waals surface area contributed by atoms with Gasteiger partial charge in [-0.25, -0.2) is 9.97 Å². The normalized spacial score (nSPS) is 20.9. The molecular formula is C24H28ClF3N6. The van der Waals surface area contributed by atoms with E-state index in [0.717, 1.165) is 43.3 Å². The van der Waals surface area contributed by atoms with Crippen LogP contribution < -0.4 is 10.2 Å². The van der Waals surface area contributed by atoms with Crippen LogP contribution in [-0.2, 0) is 6.18 Å². The van der Waals surface area contributed by atoms with Gasteiger partial charge in [-0.2, -0.15) is 13.2 Å². The van der Waals surface area contributed by atoms with Crippen molar-refractivity contribution in [3.05, 3.63) is 58.5 Å². The maximum absolute atomic E-state index is 12.9. The predicted molar refractivity (Wildman–Crippen MR) is 130 cm³/mol. The first-order valence-corrected chi connectivity index (χ1v) is 11.6. The predicted octanol–water partition coefficient (Wildman–Crippen LogP) is 5.28. The van der Waals surface area contributed by atoms with Crippen molar-refractivity contribution in [1.82, 2.24) is 14.9 Å². The van der Waals surface area contributed by atoms with E-state index in [-0.39, 0.29) is 12.1 Å². The molecule has 0 saturated heterocycles. The SMILES string of the molecule is CC1CC2=C(CC(CCN(C)C)N=C2Nc2ccc(C(F)(F)F)nc2)CN1c1ncccc1Cl. The van der Waals surface area contributed by atoms with Crippen LogP contribution in [0.3, 0.4) is 0 Å². The van der Waals surface area contributed by atoms with E-state index in [2.05, 4.69) is 32.0 Å². The van der Waals surface area contributed by atoms with Gasteiger partial charge in [-0.3, -0.25) is 4.99 Å². The minimum Gasteiger partial charge on any atom is -0.348 e. The van der Waals surface area contributed by atoms with E-state index in [9.17, 15) is 13.2 Å². The van der Waals surface area contributed by atoms with Crippen LogP contribution in [0.1, 0.15) is 31.9 Å². The standard InChI is InChI=1S/C24H28ClF3N6/c1-15-11-19-16(14-34(15)23-20(25)5-4-9-29-23)12-17(8-10-33(2)3)31-22(19)32-18-6-7-21(30-13-18)24(26,27)28/h4-7,9,13,15,17H,8,10-12,14H2,1-3H3,(H,31,32). The number of halogens is 4. The quantitative estimate of drug-likeness (QED) is 0.615. The fraction of sp³-hybridized carbons (Fsp3) is 0.458. The van der Waals surface area contributed by atoms with Crippen LogP contribution in [0.4, 0.5) is 24.7 Å². The van der Waals surface area contributed by atoms with Crippen molar-refractivity contribution >= 4 is 28.9 Å². The van der Waals surface area contributed by atoms with Crippen LogP contribution in [0, 0.1) is 0 Å². The average molecular weight is 493 g/mol. The molecule has 182 valence electrons. The number of amidine groups is 1. The third-order valence-corrected chi connectivity index (χ3v) is 6.43. The molecule has 2 aromatic heterocycles. The molecule has 2 unspecified atom stereocenters. The second kappa shape index (κ2) is 9.92. The second-order valence-corrected chi connectivity index (χ2v) is 9.46. The number of aromatic nitrogens is 2. The molecule has 0 fully saturated rings. The summed E-state index contributed by atoms with van der Waals surface area (Å²) in [7, 11) is 4.05. The minimum atomic E-state index is -4.47. The summed E-state index contributed by atoms with van der Waals surface area (Å²) in [6.45, 7) is 3.68. The number of hydrogen-bond acceptors (Lipinski definition) is 6. The topological polar surface area (TPSA) is 56.6 Å². The average Bonchev–Trinajstić information content (AvgIpc) is 2.78. The Kier molecular flexibility index (Phi) is 7.14. The Balaban J connectivity index is 1.62. The number of nitrogens with one attached hydrogen (secondary N) is 1. The largest absolute Gasteiger partial charge is 0.433 e. The third kappa shape index (κ3) is 5.52. The molecule has 0 amide bonds. The highest BCUT2D eigenvalue weighted by Crippen LogP contribution is 2.36. The summed E-state index contributed by atoms with van der Waals surface area (Å²) >= 11 is 6.44. The van der Waals surface area contributed by atoms with Gasteiger partial charge in [0.05, 0.1) is 22.9 Å². The number of aliphatic imine (C=N–C) groups is 1. The van der Waals surface area contributed by atoms with Crippen molar-refractivity contribution in [2.24, 2.45) is 4.99 Å². The first-order valence-electron chi connectivity index (χ1n) is 11.2. The second-order valence-electron chi connectivity index (χ2n) is 9.05. The highest BCUT2D eigenvalue weighted by atomic mass is 35.5. The van der Waals surface area contributed by atoms with Crippen molar-refractivity contribution in [3.8, 4) is 0 Å². The molecule has 2 aliphatic rings. The van der Waals surface area contributed by atoms with Crippen molar-refractivity contribution in [2.75, 3.05) is 37.4 Å². The lowest BCUT2D eigenvalue weighted by Gasteiger charge is -2.40. The number of dihydropyridines is 1. The summed E-state index contributed by atoms with van der Waals surface area (Å²) in [4.78, 5) is 17.4. The lowest BCUT2D eigenvalue weighted by atomic mass is 9.87. The van der Waals surface area contributed by atoms with Crippen LogP contribution in [-0.4, -0.2) is 60.0 Å². The monoisotopic (exact) mass is 492 g/mol. The Hall–Kier alpha value is -2.65. The zero-order valence-corrected chi connectivity index (χ0v) is 20.2. The summed E-state index contributed by atoms with van der Waals surface area (Å²) in [5.74, 6) is 1.47. The van der Waals surface area contributed by atoms with E-state index < -0.39 is 11.9 Å². The van der Waals surface area contributed by atoms with Crippen molar-refractivity contribution in [1.29, 1.82) is 0 Å². The van der Waals surface area contributed by atoms with Crippen molar-refractivity contribution in [2.45, 2.75) is 44.4 Å². The van der Waals surface area contributed by atoms with E-state index in [1.165, 1.54) is 17.8 Å². The summed E-state index contributed by atoms with van der Waals surface area (Å²) in [6.07, 6.45) is 0.907. The van der Waals surface area contributed by atoms with E-state index >= 15 is 0 Å². The fourth-order valence-corrected chi connectivity index (χ4v) is 4.61. The molecule has 0 radical (unpaired) electrons. The molecule has 0 bridgehead atoms. The van der Waals surface area contributed by atoms with Crippen molar-refractivity contribution in [3.63, 3.8) is 0 Å². The third-order valence-electron chi connectivity index (χ3n) is 6.14. The number of nitrogens with zero attached hydrogens (tertiary/aromatic N) is 5. The molecule has 0 spiro atoms. The first kappa shape index (κ1) is 24.5. The van der Waals surface area contributed by atoms with Gasteiger partial charge in [-0.15, -0.1) is 0 Å². The van der Waals surface area contributed by atoms with Crippen LogP contribution in [0.5, 0.6) is 0 Å². The van der Waals surface area contributed by atoms with Crippen LogP contribution in [0.25, 0.3) is 0 Å². The zero-order chi connectivity index (χ0) is 24.5. The molecule has 0 aliphatic carbocycles. The first-order chi connectivity index (χ1) is 16.1. The number of rotatable bonds is 5. The molecule has 2 aliphatic heterocycles. The van der Waals surface area contributed by atoms with E-state index in [0.29, 0.717) is 23.1 Å². The lowest BCUT2D eigenvalue weighted by molar-refractivity contribution is -0.141. The molecule has 34 heavy (non-hydrogen) atoms. The molecule has 0 aromatic carbocycles. The van der Waals surface area contributed by atoms with Gasteiger partial charge in [-0.1, -0.05) is 11.6 Å². The highest BCUT2D eigenvalue weighted by molar-refractivity contribution is 6.33. The molecule has 2 atom stereocenters. The highest BCUT2D eigenvalue weighted by Gasteiger charge is 2.34. The Bertz CT molecular complexity index is 1080. The lowest BCUT2D eigenvalue weighted by Crippen LogP contribution is -2.44. The number of pyridine rings is 2. The molecule has 0 saturated carbocycles. The summed E-state index contributed by atoms with van der Waals surface area (Å²) in [5.41, 5.74) is 1.93. The maximum atomic E-state index is 12.9. The summed E-state index contributed by atoms with van der Waals surface area (Å²) in [6, 6.07) is 6.23. The Morgan fingerprint density at radius 2 is 1.97 bits per heavy atom. The van der Waals surface area contributed by atoms with Crippen LogP contribution >= 0.6 is 11.6 Å². The molecule has 10 heteroatoms. The van der Waals surface area contributed by atoms with Gasteiger partial charge in [0.25, 0.3) is 0 Å². The Morgan fingerprint density at radius 3 is 2.62 bits per heavy atom. The molecule has 6 nitrogen and oxygen atoms in total. The molecule has 2 aromatic rings. The van der Waals surface area contributed by atoms with Gasteiger partial charge in [-0.05, 0) is 82.2 Å². The Labute approximate surface area is 202 Å². The minimum absolute atomic E-state index is 0.0699. The summed E-state index contributed by atoms with van der Waals surface area (Å²) in [5, 5.41) is 3.86. The number of alkyl halides is 3.